The van der Waals surface area contributed by atoms with Gasteiger partial charge in [0.05, 0.1) is 5.41 Å². The van der Waals surface area contributed by atoms with Crippen LogP contribution in [-0.2, 0) is 5.41 Å². The van der Waals surface area contributed by atoms with E-state index in [4.69, 9.17) is 0 Å². The van der Waals surface area contributed by atoms with Crippen molar-refractivity contribution in [2.75, 3.05) is 0 Å². The van der Waals surface area contributed by atoms with E-state index in [-0.39, 0.29) is 5.92 Å². The van der Waals surface area contributed by atoms with E-state index < -0.39 is 5.41 Å². The first-order chi connectivity index (χ1) is 15.9. The van der Waals surface area contributed by atoms with E-state index in [9.17, 15) is 0 Å². The average molecular weight is 439 g/mol. The minimum Gasteiger partial charge on any atom is -0.197 e. The maximum Gasteiger partial charge on any atom is 0.117 e. The Morgan fingerprint density at radius 2 is 1.39 bits per heavy atom. The molecule has 0 saturated heterocycles. The zero-order valence-electron chi connectivity index (χ0n) is 20.0. The number of nitrogens with zero attached hydrogens (tertiary/aromatic N) is 4. The van der Waals surface area contributed by atoms with Gasteiger partial charge in [0.25, 0.3) is 0 Å². The van der Waals surface area contributed by atoms with Crippen molar-refractivity contribution in [1.82, 2.24) is 30.8 Å². The Morgan fingerprint density at radius 1 is 0.848 bits per heavy atom. The Kier molecular flexibility index (Phi) is 5.04. The van der Waals surface area contributed by atoms with Gasteiger partial charge in [-0.1, -0.05) is 60.9 Å². The van der Waals surface area contributed by atoms with Crippen LogP contribution in [0.25, 0.3) is 22.1 Å². The van der Waals surface area contributed by atoms with Crippen LogP contribution in [0.3, 0.4) is 0 Å². The Balaban J connectivity index is 2.01. The van der Waals surface area contributed by atoms with Gasteiger partial charge in [0.15, 0.2) is 0 Å². The van der Waals surface area contributed by atoms with Crippen molar-refractivity contribution >= 4 is 22.1 Å². The van der Waals surface area contributed by atoms with E-state index in [0.717, 1.165) is 46.0 Å². The predicted octanol–water partition coefficient (Wildman–Crippen LogP) is 6.17. The summed E-state index contributed by atoms with van der Waals surface area (Å²) in [5.74, 6) is 0.0609. The molecular formula is C27H30N6. The van der Waals surface area contributed by atoms with Gasteiger partial charge in [0, 0.05) is 5.92 Å². The second-order valence-electron chi connectivity index (χ2n) is 9.20. The second kappa shape index (κ2) is 7.80. The van der Waals surface area contributed by atoms with Crippen LogP contribution >= 0.6 is 0 Å². The summed E-state index contributed by atoms with van der Waals surface area (Å²) >= 11 is 0. The molecule has 0 saturated carbocycles. The first-order valence-electron chi connectivity index (χ1n) is 11.6. The molecule has 4 aromatic rings. The zero-order valence-corrected chi connectivity index (χ0v) is 20.0. The Morgan fingerprint density at radius 3 is 1.91 bits per heavy atom. The molecule has 2 heterocycles. The molecule has 2 aromatic heterocycles. The normalized spacial score (nSPS) is 18.5. The molecule has 1 aliphatic rings. The number of fused-ring (bicyclic) bond motifs is 2. The second-order valence-corrected chi connectivity index (χ2v) is 9.20. The van der Waals surface area contributed by atoms with Gasteiger partial charge in [-0.3, -0.25) is 0 Å². The molecule has 2 aromatic carbocycles. The molecule has 1 unspecified atom stereocenters. The molecule has 0 radical (unpaired) electrons. The summed E-state index contributed by atoms with van der Waals surface area (Å²) in [4.78, 5) is 0. The van der Waals surface area contributed by atoms with Gasteiger partial charge in [-0.15, -0.1) is 0 Å². The molecule has 6 heteroatoms. The Hall–Kier alpha value is -3.54. The summed E-state index contributed by atoms with van der Waals surface area (Å²) in [6, 6.07) is 12.6. The maximum absolute atomic E-state index is 4.65. The highest BCUT2D eigenvalue weighted by Gasteiger charge is 2.51. The van der Waals surface area contributed by atoms with Gasteiger partial charge >= 0.3 is 0 Å². The first-order valence-corrected chi connectivity index (χ1v) is 11.6. The van der Waals surface area contributed by atoms with Crippen LogP contribution in [0.4, 0.5) is 0 Å². The molecule has 0 amide bonds. The fourth-order valence-electron chi connectivity index (χ4n) is 5.94. The van der Waals surface area contributed by atoms with Crippen LogP contribution in [0, 0.1) is 5.92 Å². The van der Waals surface area contributed by atoms with E-state index in [1.807, 2.05) is 12.1 Å². The monoisotopic (exact) mass is 438 g/mol. The van der Waals surface area contributed by atoms with Crippen LogP contribution in [-0.4, -0.2) is 30.8 Å². The largest absolute Gasteiger partial charge is 0.197 e. The third kappa shape index (κ3) is 2.86. The minimum absolute atomic E-state index is 0.0609. The van der Waals surface area contributed by atoms with Crippen molar-refractivity contribution in [2.24, 2.45) is 5.92 Å². The third-order valence-corrected chi connectivity index (χ3v) is 7.70. The third-order valence-electron chi connectivity index (χ3n) is 7.70. The molecule has 168 valence electrons. The Labute approximate surface area is 193 Å². The lowest BCUT2D eigenvalue weighted by atomic mass is 9.53. The summed E-state index contributed by atoms with van der Waals surface area (Å²) < 4.78 is 0. The number of rotatable bonds is 5. The van der Waals surface area contributed by atoms with Gasteiger partial charge in [-0.25, -0.2) is 0 Å². The van der Waals surface area contributed by atoms with Gasteiger partial charge in [0.2, 0.25) is 0 Å². The van der Waals surface area contributed by atoms with Gasteiger partial charge in [0.1, 0.15) is 22.1 Å². The maximum atomic E-state index is 4.65. The molecule has 5 rings (SSSR count). The van der Waals surface area contributed by atoms with E-state index in [2.05, 4.69) is 96.3 Å². The molecule has 1 atom stereocenters. The van der Waals surface area contributed by atoms with Crippen molar-refractivity contribution in [3.05, 3.63) is 82.0 Å². The Bertz CT molecular complexity index is 1370. The fourth-order valence-corrected chi connectivity index (χ4v) is 5.94. The van der Waals surface area contributed by atoms with Crippen molar-refractivity contribution in [3.8, 4) is 0 Å². The topological polar surface area (TPSA) is 83.1 Å². The van der Waals surface area contributed by atoms with Crippen LogP contribution in [0.1, 0.15) is 58.6 Å². The average Bonchev–Trinajstić information content (AvgIpc) is 3.49. The van der Waals surface area contributed by atoms with Crippen molar-refractivity contribution in [2.45, 2.75) is 52.9 Å². The highest BCUT2D eigenvalue weighted by molar-refractivity contribution is 5.87. The number of aromatic amines is 2. The highest BCUT2D eigenvalue weighted by Crippen LogP contribution is 2.57. The number of H-pyrrole nitrogens is 2. The smallest absolute Gasteiger partial charge is 0.117 e. The number of para-hydroxylation sites is 2. The minimum atomic E-state index is -0.535. The SMILES string of the molecule is C=C(CCC)C1C(C)=C(C)C(C)=C(C)C1(c1cccc2n[nH]nc12)c1cccc2n[nH]nc12. The summed E-state index contributed by atoms with van der Waals surface area (Å²) in [6.07, 6.45) is 1.99. The van der Waals surface area contributed by atoms with Crippen molar-refractivity contribution in [1.29, 1.82) is 0 Å². The van der Waals surface area contributed by atoms with Crippen LogP contribution < -0.4 is 0 Å². The van der Waals surface area contributed by atoms with Crippen LogP contribution in [0.2, 0.25) is 0 Å². The summed E-state index contributed by atoms with van der Waals surface area (Å²) in [7, 11) is 0. The van der Waals surface area contributed by atoms with E-state index in [1.165, 1.54) is 27.9 Å². The lowest BCUT2D eigenvalue weighted by molar-refractivity contribution is 0.449. The molecule has 33 heavy (non-hydrogen) atoms. The number of aromatic nitrogens is 6. The van der Waals surface area contributed by atoms with Gasteiger partial charge in [-0.2, -0.15) is 30.8 Å². The number of benzene rings is 2. The van der Waals surface area contributed by atoms with Crippen LogP contribution in [0.5, 0.6) is 0 Å². The summed E-state index contributed by atoms with van der Waals surface area (Å²) in [6.45, 7) is 15.8. The highest BCUT2D eigenvalue weighted by atomic mass is 15.3. The summed E-state index contributed by atoms with van der Waals surface area (Å²) in [5.41, 5.74) is 11.7. The fraction of sp³-hybridized carbons (Fsp3) is 0.333. The molecule has 0 fully saturated rings. The quantitative estimate of drug-likeness (QED) is 0.365. The molecule has 2 N–H and O–H groups in total. The lowest BCUT2D eigenvalue weighted by Crippen LogP contribution is -2.43. The van der Waals surface area contributed by atoms with Crippen LogP contribution in [0.15, 0.2) is 70.8 Å². The van der Waals surface area contributed by atoms with E-state index >= 15 is 0 Å². The number of hydrogen-bond acceptors (Lipinski definition) is 4. The van der Waals surface area contributed by atoms with Crippen molar-refractivity contribution in [3.63, 3.8) is 0 Å². The molecule has 0 aliphatic heterocycles. The van der Waals surface area contributed by atoms with Gasteiger partial charge < -0.3 is 0 Å². The standard InChI is InChI=1S/C27H30N6/c1-7-10-15(2)24-18(5)16(3)17(4)19(6)27(24,20-11-8-13-22-25(20)30-32-28-22)21-12-9-14-23-26(21)31-33-29-23/h8-9,11-14,24H,2,7,10H2,1,3-6H3,(H,28,30,32)(H,29,31,33). The van der Waals surface area contributed by atoms with E-state index in [0.29, 0.717) is 0 Å². The number of hydrogen-bond donors (Lipinski definition) is 2. The first kappa shape index (κ1) is 21.3. The lowest BCUT2D eigenvalue weighted by Gasteiger charge is -2.48. The zero-order chi connectivity index (χ0) is 23.3. The predicted molar refractivity (Wildman–Crippen MR) is 133 cm³/mol. The number of allylic oxidation sites excluding steroid dienone is 5. The molecule has 0 bridgehead atoms. The number of nitrogens with one attached hydrogen (secondary N) is 2. The molecule has 6 nitrogen and oxygen atoms in total. The van der Waals surface area contributed by atoms with Gasteiger partial charge in [-0.05, 0) is 68.5 Å². The molecular weight excluding hydrogens is 408 g/mol. The molecule has 1 aliphatic carbocycles. The van der Waals surface area contributed by atoms with E-state index in [1.54, 1.807) is 0 Å². The van der Waals surface area contributed by atoms with Crippen molar-refractivity contribution < 1.29 is 0 Å². The molecule has 0 spiro atoms. The summed E-state index contributed by atoms with van der Waals surface area (Å²) in [5, 5.41) is 23.8.